The third-order valence-corrected chi connectivity index (χ3v) is 2.64. The highest BCUT2D eigenvalue weighted by Gasteiger charge is 2.06. The Morgan fingerprint density at radius 3 is 2.48 bits per heavy atom. The molecule has 0 saturated heterocycles. The Morgan fingerprint density at radius 1 is 1.05 bits per heavy atom. The molecule has 0 fully saturated rings. The van der Waals surface area contributed by atoms with E-state index in [-0.39, 0.29) is 0 Å². The predicted octanol–water partition coefficient (Wildman–Crippen LogP) is 2.18. The van der Waals surface area contributed by atoms with Crippen LogP contribution in [0.4, 0.5) is 11.9 Å². The van der Waals surface area contributed by atoms with Gasteiger partial charge in [0.1, 0.15) is 0 Å². The van der Waals surface area contributed by atoms with E-state index in [0.29, 0.717) is 43.6 Å². The van der Waals surface area contributed by atoms with E-state index >= 15 is 0 Å². The number of hydrogen-bond donors (Lipinski definition) is 2. The van der Waals surface area contributed by atoms with E-state index in [1.165, 1.54) is 0 Å². The van der Waals surface area contributed by atoms with Crippen molar-refractivity contribution in [2.75, 3.05) is 44.0 Å². The molecule has 2 N–H and O–H groups in total. The minimum absolute atomic E-state index is 0.333. The van der Waals surface area contributed by atoms with Crippen LogP contribution in [0.25, 0.3) is 0 Å². The highest BCUT2D eigenvalue weighted by atomic mass is 16.5. The molecule has 0 radical (unpaired) electrons. The highest BCUT2D eigenvalue weighted by molar-refractivity contribution is 5.35. The van der Waals surface area contributed by atoms with Crippen molar-refractivity contribution in [1.82, 2.24) is 15.0 Å². The SMILES string of the molecule is CCCOc1nc(NC)nc(NCCOCCC(C)C)n1. The van der Waals surface area contributed by atoms with Crippen LogP contribution in [0, 0.1) is 5.92 Å². The van der Waals surface area contributed by atoms with Gasteiger partial charge < -0.3 is 20.1 Å². The van der Waals surface area contributed by atoms with Crippen LogP contribution in [0.3, 0.4) is 0 Å². The van der Waals surface area contributed by atoms with Crippen molar-refractivity contribution in [1.29, 1.82) is 0 Å². The second-order valence-corrected chi connectivity index (χ2v) is 5.09. The van der Waals surface area contributed by atoms with Crippen LogP contribution >= 0.6 is 0 Å². The van der Waals surface area contributed by atoms with Gasteiger partial charge in [-0.05, 0) is 18.8 Å². The Kier molecular flexibility index (Phi) is 8.42. The summed E-state index contributed by atoms with van der Waals surface area (Å²) in [5, 5.41) is 6.01. The summed E-state index contributed by atoms with van der Waals surface area (Å²) in [6.07, 6.45) is 1.98. The first-order valence-electron chi connectivity index (χ1n) is 7.54. The summed E-state index contributed by atoms with van der Waals surface area (Å²) in [5.41, 5.74) is 0. The van der Waals surface area contributed by atoms with Crippen LogP contribution in [-0.2, 0) is 4.74 Å². The number of nitrogens with one attached hydrogen (secondary N) is 2. The molecule has 0 amide bonds. The van der Waals surface area contributed by atoms with E-state index in [9.17, 15) is 0 Å². The van der Waals surface area contributed by atoms with E-state index in [1.54, 1.807) is 7.05 Å². The van der Waals surface area contributed by atoms with Crippen molar-refractivity contribution in [3.63, 3.8) is 0 Å². The Balaban J connectivity index is 2.39. The largest absolute Gasteiger partial charge is 0.463 e. The summed E-state index contributed by atoms with van der Waals surface area (Å²) in [5.74, 6) is 1.64. The number of hydrogen-bond acceptors (Lipinski definition) is 7. The maximum absolute atomic E-state index is 5.54. The molecule has 0 unspecified atom stereocenters. The summed E-state index contributed by atoms with van der Waals surface area (Å²) in [4.78, 5) is 12.6. The average Bonchev–Trinajstić information content (AvgIpc) is 2.48. The lowest BCUT2D eigenvalue weighted by Gasteiger charge is -2.10. The van der Waals surface area contributed by atoms with Gasteiger partial charge in [0.2, 0.25) is 11.9 Å². The second-order valence-electron chi connectivity index (χ2n) is 5.09. The van der Waals surface area contributed by atoms with Gasteiger partial charge in [-0.3, -0.25) is 0 Å². The van der Waals surface area contributed by atoms with Crippen molar-refractivity contribution in [3.8, 4) is 6.01 Å². The molecule has 1 aromatic rings. The summed E-state index contributed by atoms with van der Waals surface area (Å²) >= 11 is 0. The first-order valence-corrected chi connectivity index (χ1v) is 7.54. The Bertz CT molecular complexity index is 401. The van der Waals surface area contributed by atoms with Crippen LogP contribution in [-0.4, -0.2) is 48.4 Å². The van der Waals surface area contributed by atoms with Gasteiger partial charge in [0.15, 0.2) is 0 Å². The zero-order chi connectivity index (χ0) is 15.5. The van der Waals surface area contributed by atoms with Crippen molar-refractivity contribution >= 4 is 11.9 Å². The fourth-order valence-corrected chi connectivity index (χ4v) is 1.46. The number of rotatable bonds is 11. The third kappa shape index (κ3) is 7.65. The van der Waals surface area contributed by atoms with Gasteiger partial charge in [0.05, 0.1) is 13.2 Å². The third-order valence-electron chi connectivity index (χ3n) is 2.64. The van der Waals surface area contributed by atoms with Gasteiger partial charge in [-0.1, -0.05) is 20.8 Å². The quantitative estimate of drug-likeness (QED) is 0.606. The van der Waals surface area contributed by atoms with Crippen molar-refractivity contribution in [2.24, 2.45) is 5.92 Å². The van der Waals surface area contributed by atoms with Gasteiger partial charge in [0, 0.05) is 20.2 Å². The monoisotopic (exact) mass is 297 g/mol. The summed E-state index contributed by atoms with van der Waals surface area (Å²) < 4.78 is 11.0. The van der Waals surface area contributed by atoms with Crippen molar-refractivity contribution < 1.29 is 9.47 Å². The Morgan fingerprint density at radius 2 is 1.81 bits per heavy atom. The van der Waals surface area contributed by atoms with E-state index < -0.39 is 0 Å². The van der Waals surface area contributed by atoms with Gasteiger partial charge in [-0.25, -0.2) is 0 Å². The normalized spacial score (nSPS) is 10.7. The van der Waals surface area contributed by atoms with Gasteiger partial charge in [0.25, 0.3) is 0 Å². The number of ether oxygens (including phenoxy) is 2. The van der Waals surface area contributed by atoms with Crippen molar-refractivity contribution in [3.05, 3.63) is 0 Å². The zero-order valence-corrected chi connectivity index (χ0v) is 13.5. The first kappa shape index (κ1) is 17.4. The highest BCUT2D eigenvalue weighted by Crippen LogP contribution is 2.10. The second kappa shape index (κ2) is 10.1. The van der Waals surface area contributed by atoms with E-state index in [2.05, 4.69) is 39.4 Å². The summed E-state index contributed by atoms with van der Waals surface area (Å²) in [7, 11) is 1.76. The molecular formula is C14H27N5O2. The smallest absolute Gasteiger partial charge is 0.323 e. The Labute approximate surface area is 126 Å². The molecule has 21 heavy (non-hydrogen) atoms. The number of anilines is 2. The van der Waals surface area contributed by atoms with Crippen LogP contribution in [0.15, 0.2) is 0 Å². The summed E-state index contributed by atoms with van der Waals surface area (Å²) in [6, 6.07) is 0.333. The molecule has 0 atom stereocenters. The topological polar surface area (TPSA) is 81.2 Å². The Hall–Kier alpha value is -1.63. The maximum Gasteiger partial charge on any atom is 0.323 e. The molecule has 0 aliphatic carbocycles. The first-order chi connectivity index (χ1) is 10.2. The molecule has 0 bridgehead atoms. The molecular weight excluding hydrogens is 270 g/mol. The van der Waals surface area contributed by atoms with Gasteiger partial charge >= 0.3 is 6.01 Å². The molecule has 0 aromatic carbocycles. The van der Waals surface area contributed by atoms with E-state index in [0.717, 1.165) is 19.4 Å². The fraction of sp³-hybridized carbons (Fsp3) is 0.786. The standard InChI is InChI=1S/C14H27N5O2/c1-5-8-21-14-18-12(15-4)17-13(19-14)16-7-10-20-9-6-11(2)3/h11H,5-10H2,1-4H3,(H2,15,16,17,18,19). The molecule has 0 aliphatic rings. The van der Waals surface area contributed by atoms with Crippen LogP contribution < -0.4 is 15.4 Å². The lowest BCUT2D eigenvalue weighted by molar-refractivity contribution is 0.132. The molecule has 0 saturated carbocycles. The lowest BCUT2D eigenvalue weighted by atomic mass is 10.1. The van der Waals surface area contributed by atoms with Gasteiger partial charge in [-0.15, -0.1) is 0 Å². The number of aromatic nitrogens is 3. The fourth-order valence-electron chi connectivity index (χ4n) is 1.46. The number of nitrogens with zero attached hydrogens (tertiary/aromatic N) is 3. The predicted molar refractivity (Wildman–Crippen MR) is 83.9 cm³/mol. The molecule has 7 heteroatoms. The minimum Gasteiger partial charge on any atom is -0.463 e. The molecule has 120 valence electrons. The van der Waals surface area contributed by atoms with Crippen molar-refractivity contribution in [2.45, 2.75) is 33.6 Å². The molecule has 1 aromatic heterocycles. The molecule has 0 aliphatic heterocycles. The average molecular weight is 297 g/mol. The maximum atomic E-state index is 5.54. The molecule has 0 spiro atoms. The summed E-state index contributed by atoms with van der Waals surface area (Å²) in [6.45, 7) is 9.05. The minimum atomic E-state index is 0.333. The van der Waals surface area contributed by atoms with Crippen LogP contribution in [0.5, 0.6) is 6.01 Å². The van der Waals surface area contributed by atoms with Gasteiger partial charge in [-0.2, -0.15) is 15.0 Å². The molecule has 7 nitrogen and oxygen atoms in total. The molecule has 1 heterocycles. The van der Waals surface area contributed by atoms with Crippen LogP contribution in [0.1, 0.15) is 33.6 Å². The zero-order valence-electron chi connectivity index (χ0n) is 13.5. The lowest BCUT2D eigenvalue weighted by Crippen LogP contribution is -2.14. The van der Waals surface area contributed by atoms with E-state index in [1.807, 2.05) is 6.92 Å². The molecule has 1 rings (SSSR count). The van der Waals surface area contributed by atoms with Crippen LogP contribution in [0.2, 0.25) is 0 Å². The van der Waals surface area contributed by atoms with E-state index in [4.69, 9.17) is 9.47 Å².